The fraction of sp³-hybridized carbons (Fsp3) is 0.423. The first-order valence-corrected chi connectivity index (χ1v) is 12.4. The number of carbonyl (C=O) groups is 1. The Hall–Kier alpha value is -3.80. The fourth-order valence-electron chi connectivity index (χ4n) is 4.48. The zero-order valence-electron chi connectivity index (χ0n) is 21.5. The van der Waals surface area contributed by atoms with Crippen LogP contribution in [0.3, 0.4) is 0 Å². The predicted octanol–water partition coefficient (Wildman–Crippen LogP) is 3.90. The van der Waals surface area contributed by atoms with Gasteiger partial charge in [-0.3, -0.25) is 9.36 Å². The van der Waals surface area contributed by atoms with Crippen molar-refractivity contribution in [2.45, 2.75) is 32.9 Å². The molecule has 2 heterocycles. The second-order valence-electron chi connectivity index (χ2n) is 9.50. The van der Waals surface area contributed by atoms with Crippen LogP contribution < -0.4 is 10.2 Å². The highest BCUT2D eigenvalue weighted by Crippen LogP contribution is 2.38. The Balaban J connectivity index is 1.76. The van der Waals surface area contributed by atoms with E-state index in [0.29, 0.717) is 11.3 Å². The highest BCUT2D eigenvalue weighted by molar-refractivity contribution is 5.92. The summed E-state index contributed by atoms with van der Waals surface area (Å²) in [5.41, 5.74) is 2.10. The average Bonchev–Trinajstić information content (AvgIpc) is 3.32. The van der Waals surface area contributed by atoms with E-state index in [1.54, 1.807) is 12.1 Å². The van der Waals surface area contributed by atoms with Crippen molar-refractivity contribution in [3.63, 3.8) is 0 Å². The lowest BCUT2D eigenvalue weighted by molar-refractivity contribution is -0.123. The second-order valence-corrected chi connectivity index (χ2v) is 9.50. The number of hydrogen-bond acceptors (Lipinski definition) is 7. The van der Waals surface area contributed by atoms with Gasteiger partial charge in [-0.15, -0.1) is 10.2 Å². The maximum Gasteiger partial charge on any atom is 0.405 e. The maximum absolute atomic E-state index is 12.8. The summed E-state index contributed by atoms with van der Waals surface area (Å²) in [4.78, 5) is 17.4. The van der Waals surface area contributed by atoms with Gasteiger partial charge in [0.05, 0.1) is 5.56 Å². The Morgan fingerprint density at radius 1 is 1.00 bits per heavy atom. The SMILES string of the molecule is CCN1CCN(c2ccc(-n3c(C(=O)NCC(F)(F)F)nnc3-c3cc(C(C)C)c(O)cc3O)cc2)CC1. The Morgan fingerprint density at radius 2 is 1.63 bits per heavy atom. The zero-order valence-corrected chi connectivity index (χ0v) is 21.5. The fourth-order valence-corrected chi connectivity index (χ4v) is 4.48. The van der Waals surface area contributed by atoms with Gasteiger partial charge in [-0.1, -0.05) is 20.8 Å². The number of piperazine rings is 1. The normalized spacial score (nSPS) is 14.8. The molecule has 38 heavy (non-hydrogen) atoms. The molecule has 204 valence electrons. The number of anilines is 1. The van der Waals surface area contributed by atoms with Crippen molar-refractivity contribution >= 4 is 11.6 Å². The van der Waals surface area contributed by atoms with Crippen molar-refractivity contribution in [2.75, 3.05) is 44.2 Å². The molecule has 1 aliphatic heterocycles. The van der Waals surface area contributed by atoms with E-state index in [4.69, 9.17) is 0 Å². The van der Waals surface area contributed by atoms with E-state index in [1.165, 1.54) is 16.7 Å². The summed E-state index contributed by atoms with van der Waals surface area (Å²) >= 11 is 0. The van der Waals surface area contributed by atoms with Crippen molar-refractivity contribution in [2.24, 2.45) is 0 Å². The molecular formula is C26H31F3N6O3. The Kier molecular flexibility index (Phi) is 7.81. The number of benzene rings is 2. The summed E-state index contributed by atoms with van der Waals surface area (Å²) in [6.07, 6.45) is -4.60. The van der Waals surface area contributed by atoms with Crippen molar-refractivity contribution < 1.29 is 28.2 Å². The number of rotatable bonds is 7. The molecule has 1 amide bonds. The number of nitrogens with zero attached hydrogens (tertiary/aromatic N) is 5. The average molecular weight is 533 g/mol. The highest BCUT2D eigenvalue weighted by Gasteiger charge is 2.30. The number of phenolic OH excluding ortho intramolecular Hbond substituents is 2. The number of hydrogen-bond donors (Lipinski definition) is 3. The van der Waals surface area contributed by atoms with Gasteiger partial charge in [0.25, 0.3) is 5.91 Å². The lowest BCUT2D eigenvalue weighted by Crippen LogP contribution is -2.46. The minimum absolute atomic E-state index is 0.0471. The van der Waals surface area contributed by atoms with E-state index >= 15 is 0 Å². The number of amides is 1. The van der Waals surface area contributed by atoms with Crippen LogP contribution in [0.1, 0.15) is 42.9 Å². The number of phenols is 2. The summed E-state index contributed by atoms with van der Waals surface area (Å²) in [7, 11) is 0. The number of likely N-dealkylation sites (N-methyl/N-ethyl adjacent to an activating group) is 1. The van der Waals surface area contributed by atoms with Crippen LogP contribution in [0.15, 0.2) is 36.4 Å². The highest BCUT2D eigenvalue weighted by atomic mass is 19.4. The summed E-state index contributed by atoms with van der Waals surface area (Å²) in [6, 6.07) is 9.91. The third-order valence-electron chi connectivity index (χ3n) is 6.62. The van der Waals surface area contributed by atoms with Crippen LogP contribution in [0.25, 0.3) is 17.1 Å². The van der Waals surface area contributed by atoms with Crippen LogP contribution in [-0.2, 0) is 0 Å². The smallest absolute Gasteiger partial charge is 0.405 e. The second kappa shape index (κ2) is 10.9. The molecule has 2 aromatic carbocycles. The van der Waals surface area contributed by atoms with Crippen LogP contribution in [0.4, 0.5) is 18.9 Å². The number of aromatic nitrogens is 3. The molecule has 3 N–H and O–H groups in total. The molecule has 0 saturated carbocycles. The van der Waals surface area contributed by atoms with E-state index in [9.17, 15) is 28.2 Å². The molecule has 12 heteroatoms. The molecule has 0 aliphatic carbocycles. The van der Waals surface area contributed by atoms with E-state index in [-0.39, 0.29) is 34.6 Å². The van der Waals surface area contributed by atoms with Gasteiger partial charge >= 0.3 is 6.18 Å². The first-order valence-electron chi connectivity index (χ1n) is 12.4. The molecule has 1 saturated heterocycles. The van der Waals surface area contributed by atoms with Crippen molar-refractivity contribution in [1.29, 1.82) is 0 Å². The molecule has 4 rings (SSSR count). The quantitative estimate of drug-likeness (QED) is 0.424. The molecule has 0 unspecified atom stereocenters. The van der Waals surface area contributed by atoms with E-state index in [1.807, 2.05) is 31.3 Å². The molecular weight excluding hydrogens is 501 g/mol. The molecule has 0 bridgehead atoms. The topological polar surface area (TPSA) is 107 Å². The summed E-state index contributed by atoms with van der Waals surface area (Å²) in [5.74, 6) is -1.91. The summed E-state index contributed by atoms with van der Waals surface area (Å²) in [6.45, 7) is 8.89. The van der Waals surface area contributed by atoms with E-state index < -0.39 is 18.6 Å². The Labute approximate surface area is 218 Å². The van der Waals surface area contributed by atoms with Gasteiger partial charge in [-0.2, -0.15) is 13.2 Å². The van der Waals surface area contributed by atoms with Crippen LogP contribution in [-0.4, -0.2) is 81.2 Å². The summed E-state index contributed by atoms with van der Waals surface area (Å²) < 4.78 is 39.7. The van der Waals surface area contributed by atoms with Crippen molar-refractivity contribution in [3.05, 3.63) is 47.8 Å². The summed E-state index contributed by atoms with van der Waals surface area (Å²) in [5, 5.41) is 30.7. The van der Waals surface area contributed by atoms with Crippen LogP contribution in [0.2, 0.25) is 0 Å². The first kappa shape index (κ1) is 27.2. The van der Waals surface area contributed by atoms with Crippen molar-refractivity contribution in [1.82, 2.24) is 25.0 Å². The monoisotopic (exact) mass is 532 g/mol. The molecule has 1 fully saturated rings. The number of nitrogens with one attached hydrogen (secondary N) is 1. The number of carbonyl (C=O) groups excluding carboxylic acids is 1. The molecule has 1 aromatic heterocycles. The predicted molar refractivity (Wildman–Crippen MR) is 137 cm³/mol. The maximum atomic E-state index is 12.8. The van der Waals surface area contributed by atoms with Gasteiger partial charge in [-0.25, -0.2) is 0 Å². The zero-order chi connectivity index (χ0) is 27.6. The first-order chi connectivity index (χ1) is 18.0. The molecule has 0 radical (unpaired) electrons. The molecule has 9 nitrogen and oxygen atoms in total. The van der Waals surface area contributed by atoms with E-state index in [0.717, 1.165) is 38.4 Å². The lowest BCUT2D eigenvalue weighted by Gasteiger charge is -2.35. The number of aromatic hydroxyl groups is 2. The minimum Gasteiger partial charge on any atom is -0.508 e. The van der Waals surface area contributed by atoms with E-state index in [2.05, 4.69) is 26.9 Å². The molecule has 3 aromatic rings. The third-order valence-corrected chi connectivity index (χ3v) is 6.62. The van der Waals surface area contributed by atoms with Gasteiger partial charge in [0.1, 0.15) is 18.0 Å². The van der Waals surface area contributed by atoms with Crippen LogP contribution >= 0.6 is 0 Å². The number of halogens is 3. The van der Waals surface area contributed by atoms with Gasteiger partial charge < -0.3 is 25.3 Å². The minimum atomic E-state index is -4.60. The lowest BCUT2D eigenvalue weighted by atomic mass is 9.98. The Bertz CT molecular complexity index is 1280. The van der Waals surface area contributed by atoms with Crippen LogP contribution in [0.5, 0.6) is 11.5 Å². The standard InChI is InChI=1S/C26H31F3N6O3/c1-4-33-9-11-34(12-10-33)17-5-7-18(8-6-17)35-23(20-13-19(16(2)3)21(36)14-22(20)37)31-32-24(35)25(38)30-15-26(27,28)29/h5-8,13-14,16,36-37H,4,9-12,15H2,1-3H3,(H,30,38). The van der Waals surface area contributed by atoms with Gasteiger partial charge in [-0.05, 0) is 48.4 Å². The Morgan fingerprint density at radius 3 is 2.21 bits per heavy atom. The molecule has 1 aliphatic rings. The third kappa shape index (κ3) is 5.85. The van der Waals surface area contributed by atoms with Gasteiger partial charge in [0.2, 0.25) is 5.82 Å². The molecule has 0 atom stereocenters. The largest absolute Gasteiger partial charge is 0.508 e. The van der Waals surface area contributed by atoms with Crippen LogP contribution in [0, 0.1) is 0 Å². The van der Waals surface area contributed by atoms with Gasteiger partial charge in [0.15, 0.2) is 5.82 Å². The van der Waals surface area contributed by atoms with Crippen molar-refractivity contribution in [3.8, 4) is 28.6 Å². The number of alkyl halides is 3. The van der Waals surface area contributed by atoms with Gasteiger partial charge in [0, 0.05) is 43.6 Å². The molecule has 0 spiro atoms.